The molecule has 0 bridgehead atoms. The highest BCUT2D eigenvalue weighted by molar-refractivity contribution is 6.12. The van der Waals surface area contributed by atoms with Gasteiger partial charge in [-0.2, -0.15) is 18.3 Å². The minimum atomic E-state index is -4.66. The van der Waals surface area contributed by atoms with Crippen LogP contribution in [0.1, 0.15) is 39.7 Å². The molecule has 0 fully saturated rings. The average Bonchev–Trinajstić information content (AvgIpc) is 3.62. The molecule has 6 rings (SSSR count). The van der Waals surface area contributed by atoms with Crippen LogP contribution in [0.3, 0.4) is 0 Å². The van der Waals surface area contributed by atoms with E-state index >= 15 is 0 Å². The molecule has 1 amide bonds. The third kappa shape index (κ3) is 4.68. The lowest BCUT2D eigenvalue weighted by molar-refractivity contribution is -0.140. The summed E-state index contributed by atoms with van der Waals surface area (Å²) in [5, 5.41) is 4.38. The maximum absolute atomic E-state index is 14.2. The Labute approximate surface area is 233 Å². The van der Waals surface area contributed by atoms with Gasteiger partial charge in [0.25, 0.3) is 5.91 Å². The Kier molecular flexibility index (Phi) is 6.47. The average molecular weight is 562 g/mol. The second-order valence-corrected chi connectivity index (χ2v) is 9.92. The Morgan fingerprint density at radius 2 is 1.85 bits per heavy atom. The molecule has 5 aromatic rings. The summed E-state index contributed by atoms with van der Waals surface area (Å²) in [6, 6.07) is 7.32. The van der Waals surface area contributed by atoms with Gasteiger partial charge in [0.15, 0.2) is 5.69 Å². The molecule has 210 valence electrons. The van der Waals surface area contributed by atoms with Crippen LogP contribution in [0.25, 0.3) is 22.0 Å². The molecule has 1 aliphatic rings. The van der Waals surface area contributed by atoms with Crippen molar-refractivity contribution in [3.8, 4) is 16.9 Å². The zero-order valence-electron chi connectivity index (χ0n) is 22.6. The number of rotatable bonds is 6. The van der Waals surface area contributed by atoms with Crippen molar-refractivity contribution >= 4 is 22.6 Å². The van der Waals surface area contributed by atoms with E-state index in [0.717, 1.165) is 16.7 Å². The first kappa shape index (κ1) is 26.5. The number of aryl methyl sites for hydroxylation is 2. The van der Waals surface area contributed by atoms with E-state index in [0.29, 0.717) is 57.7 Å². The highest BCUT2D eigenvalue weighted by atomic mass is 19.4. The minimum Gasteiger partial charge on any atom is -0.494 e. The number of carbonyl (C=O) groups excluding carboxylic acids is 1. The molecule has 0 unspecified atom stereocenters. The number of anilines is 1. The van der Waals surface area contributed by atoms with E-state index in [-0.39, 0.29) is 18.0 Å². The van der Waals surface area contributed by atoms with E-state index in [2.05, 4.69) is 20.1 Å². The number of fused-ring (bicyclic) bond motifs is 2. The lowest BCUT2D eigenvalue weighted by atomic mass is 9.88. The van der Waals surface area contributed by atoms with Gasteiger partial charge in [0.1, 0.15) is 23.4 Å². The summed E-state index contributed by atoms with van der Waals surface area (Å²) in [6.07, 6.45) is 4.13. The standard InChI is InChI=1S/C29H26F3N7O2/c1-4-17-9-22-25(24(12-17)41-3)34-15-35-27(22)39-7-5-19-20(23-14-37(2)36-26(23)29(30,31)32)10-18(11-21(19)28(39)40)13-38-8-6-33-16-38/h6,8-12,14-16H,4-5,7,13H2,1-3H3. The van der Waals surface area contributed by atoms with E-state index in [1.54, 1.807) is 47.4 Å². The van der Waals surface area contributed by atoms with Gasteiger partial charge < -0.3 is 9.30 Å². The summed E-state index contributed by atoms with van der Waals surface area (Å²) in [7, 11) is 3.02. The maximum atomic E-state index is 14.2. The maximum Gasteiger partial charge on any atom is 0.435 e. The van der Waals surface area contributed by atoms with Crippen LogP contribution < -0.4 is 9.64 Å². The number of carbonyl (C=O) groups is 1. The van der Waals surface area contributed by atoms with Gasteiger partial charge >= 0.3 is 6.18 Å². The molecule has 4 heterocycles. The van der Waals surface area contributed by atoms with E-state index in [1.807, 2.05) is 19.1 Å². The van der Waals surface area contributed by atoms with Crippen molar-refractivity contribution in [1.29, 1.82) is 0 Å². The number of aromatic nitrogens is 6. The van der Waals surface area contributed by atoms with Gasteiger partial charge in [0.05, 0.1) is 13.4 Å². The van der Waals surface area contributed by atoms with Crippen LogP contribution in [-0.2, 0) is 32.6 Å². The lowest BCUT2D eigenvalue weighted by Gasteiger charge is -2.30. The second-order valence-electron chi connectivity index (χ2n) is 9.92. The van der Waals surface area contributed by atoms with Crippen molar-refractivity contribution in [2.24, 2.45) is 7.05 Å². The normalized spacial score (nSPS) is 13.6. The fourth-order valence-electron chi connectivity index (χ4n) is 5.44. The summed E-state index contributed by atoms with van der Waals surface area (Å²) >= 11 is 0. The van der Waals surface area contributed by atoms with Crippen molar-refractivity contribution in [2.75, 3.05) is 18.6 Å². The quantitative estimate of drug-likeness (QED) is 0.288. The van der Waals surface area contributed by atoms with Gasteiger partial charge in [-0.1, -0.05) is 6.92 Å². The fraction of sp³-hybridized carbons (Fsp3) is 0.276. The first-order chi connectivity index (χ1) is 19.7. The monoisotopic (exact) mass is 561 g/mol. The van der Waals surface area contributed by atoms with Crippen LogP contribution in [0.4, 0.5) is 19.0 Å². The Bertz CT molecular complexity index is 1780. The van der Waals surface area contributed by atoms with E-state index in [1.165, 1.54) is 19.6 Å². The Hall–Kier alpha value is -4.74. The van der Waals surface area contributed by atoms with Gasteiger partial charge in [-0.15, -0.1) is 0 Å². The fourth-order valence-corrected chi connectivity index (χ4v) is 5.44. The molecule has 0 atom stereocenters. The smallest absolute Gasteiger partial charge is 0.435 e. The molecule has 0 spiro atoms. The number of hydrogen-bond donors (Lipinski definition) is 0. The lowest BCUT2D eigenvalue weighted by Crippen LogP contribution is -2.38. The van der Waals surface area contributed by atoms with E-state index < -0.39 is 11.9 Å². The number of benzene rings is 2. The number of methoxy groups -OCH3 is 1. The molecule has 0 radical (unpaired) electrons. The van der Waals surface area contributed by atoms with Gasteiger partial charge in [0.2, 0.25) is 0 Å². The first-order valence-electron chi connectivity index (χ1n) is 13.0. The summed E-state index contributed by atoms with van der Waals surface area (Å²) in [5.74, 6) is 0.658. The summed E-state index contributed by atoms with van der Waals surface area (Å²) < 4.78 is 50.6. The van der Waals surface area contributed by atoms with Crippen LogP contribution in [0.5, 0.6) is 5.75 Å². The molecule has 3 aromatic heterocycles. The number of halogens is 3. The molecule has 2 aromatic carbocycles. The molecule has 9 nitrogen and oxygen atoms in total. The van der Waals surface area contributed by atoms with Crippen LogP contribution in [0.2, 0.25) is 0 Å². The molecular formula is C29H26F3N7O2. The molecule has 0 N–H and O–H groups in total. The van der Waals surface area contributed by atoms with Gasteiger partial charge in [-0.3, -0.25) is 14.4 Å². The molecule has 0 saturated heterocycles. The molecule has 12 heteroatoms. The Balaban J connectivity index is 1.52. The first-order valence-corrected chi connectivity index (χ1v) is 13.0. The van der Waals surface area contributed by atoms with Gasteiger partial charge in [-0.05, 0) is 59.4 Å². The van der Waals surface area contributed by atoms with Crippen molar-refractivity contribution in [2.45, 2.75) is 32.5 Å². The number of hydrogen-bond acceptors (Lipinski definition) is 6. The third-order valence-electron chi connectivity index (χ3n) is 7.31. The summed E-state index contributed by atoms with van der Waals surface area (Å²) in [5.41, 5.74) is 2.40. The number of imidazole rings is 1. The predicted octanol–water partition coefficient (Wildman–Crippen LogP) is 5.07. The summed E-state index contributed by atoms with van der Waals surface area (Å²) in [6.45, 7) is 2.57. The van der Waals surface area contributed by atoms with Crippen LogP contribution in [0.15, 0.2) is 55.5 Å². The Morgan fingerprint density at radius 1 is 1.05 bits per heavy atom. The van der Waals surface area contributed by atoms with Crippen molar-refractivity contribution in [3.63, 3.8) is 0 Å². The van der Waals surface area contributed by atoms with Gasteiger partial charge in [0, 0.05) is 55.2 Å². The van der Waals surface area contributed by atoms with Crippen LogP contribution >= 0.6 is 0 Å². The van der Waals surface area contributed by atoms with Gasteiger partial charge in [-0.25, -0.2) is 15.0 Å². The summed E-state index contributed by atoms with van der Waals surface area (Å²) in [4.78, 5) is 28.7. The SMILES string of the molecule is CCc1cc(OC)c2ncnc(N3CCc4c(cc(Cn5ccnc5)cc4-c4cn(C)nc4C(F)(F)F)C3=O)c2c1. The number of alkyl halides is 3. The Morgan fingerprint density at radius 3 is 2.56 bits per heavy atom. The highest BCUT2D eigenvalue weighted by Gasteiger charge is 2.39. The topological polar surface area (TPSA) is 91.0 Å². The van der Waals surface area contributed by atoms with Crippen molar-refractivity contribution < 1.29 is 22.7 Å². The van der Waals surface area contributed by atoms with Crippen molar-refractivity contribution in [3.05, 3.63) is 83.5 Å². The van der Waals surface area contributed by atoms with Crippen LogP contribution in [0, 0.1) is 0 Å². The molecule has 0 saturated carbocycles. The molecule has 0 aliphatic carbocycles. The zero-order valence-corrected chi connectivity index (χ0v) is 22.6. The third-order valence-corrected chi connectivity index (χ3v) is 7.31. The van der Waals surface area contributed by atoms with E-state index in [4.69, 9.17) is 4.74 Å². The molecular weight excluding hydrogens is 535 g/mol. The zero-order chi connectivity index (χ0) is 28.9. The minimum absolute atomic E-state index is 0.0604. The number of amides is 1. The highest BCUT2D eigenvalue weighted by Crippen LogP contribution is 2.41. The molecule has 41 heavy (non-hydrogen) atoms. The number of ether oxygens (including phenoxy) is 1. The molecule has 1 aliphatic heterocycles. The van der Waals surface area contributed by atoms with Crippen molar-refractivity contribution in [1.82, 2.24) is 29.3 Å². The predicted molar refractivity (Wildman–Crippen MR) is 146 cm³/mol. The van der Waals surface area contributed by atoms with Crippen LogP contribution in [-0.4, -0.2) is 48.9 Å². The second kappa shape index (κ2) is 10.0. The largest absolute Gasteiger partial charge is 0.494 e. The number of nitrogens with zero attached hydrogens (tertiary/aromatic N) is 7. The van der Waals surface area contributed by atoms with E-state index in [9.17, 15) is 18.0 Å².